The maximum Gasteiger partial charge on any atom is 0.408 e. The molecule has 1 heterocycles. The van der Waals surface area contributed by atoms with E-state index in [4.69, 9.17) is 15.3 Å². The highest BCUT2D eigenvalue weighted by molar-refractivity contribution is 6.02. The van der Waals surface area contributed by atoms with E-state index in [9.17, 15) is 19.2 Å². The molecule has 1 saturated heterocycles. The summed E-state index contributed by atoms with van der Waals surface area (Å²) in [7, 11) is 0. The lowest BCUT2D eigenvalue weighted by Crippen LogP contribution is -2.54. The molecule has 1 aliphatic rings. The quantitative estimate of drug-likeness (QED) is 0.524. The number of nitrogens with zero attached hydrogens (tertiary/aromatic N) is 1. The molecule has 0 radical (unpaired) electrons. The van der Waals surface area contributed by atoms with Crippen molar-refractivity contribution in [3.8, 4) is 0 Å². The van der Waals surface area contributed by atoms with Crippen molar-refractivity contribution in [3.05, 3.63) is 0 Å². The van der Waals surface area contributed by atoms with Crippen LogP contribution in [0.1, 0.15) is 6.42 Å². The highest BCUT2D eigenvalue weighted by atomic mass is 16.4. The zero-order valence-electron chi connectivity index (χ0n) is 7.99. The predicted octanol–water partition coefficient (Wildman–Crippen LogP) is -0.907. The SMILES string of the molecule is O=C(O)C1CC(C(=O)O)N(C(=O)O)CC1=O. The van der Waals surface area contributed by atoms with E-state index in [0.717, 1.165) is 0 Å². The van der Waals surface area contributed by atoms with Crippen molar-refractivity contribution in [3.63, 3.8) is 0 Å². The van der Waals surface area contributed by atoms with Crippen LogP contribution < -0.4 is 0 Å². The molecule has 0 spiro atoms. The Labute approximate surface area is 89.1 Å². The highest BCUT2D eigenvalue weighted by Gasteiger charge is 2.43. The van der Waals surface area contributed by atoms with E-state index < -0.39 is 48.7 Å². The molecule has 0 aliphatic carbocycles. The molecule has 0 aromatic carbocycles. The number of Topliss-reactive ketones (excluding diaryl/α,β-unsaturated/α-hetero) is 1. The van der Waals surface area contributed by atoms with Crippen LogP contribution in [0.15, 0.2) is 0 Å². The number of carbonyl (C=O) groups is 4. The molecule has 8 nitrogen and oxygen atoms in total. The Morgan fingerprint density at radius 1 is 1.12 bits per heavy atom. The van der Waals surface area contributed by atoms with Crippen molar-refractivity contribution in [1.82, 2.24) is 4.90 Å². The minimum Gasteiger partial charge on any atom is -0.481 e. The first-order valence-electron chi connectivity index (χ1n) is 4.32. The van der Waals surface area contributed by atoms with Gasteiger partial charge < -0.3 is 15.3 Å². The predicted molar refractivity (Wildman–Crippen MR) is 46.9 cm³/mol. The van der Waals surface area contributed by atoms with E-state index in [2.05, 4.69) is 0 Å². The Morgan fingerprint density at radius 2 is 1.69 bits per heavy atom. The van der Waals surface area contributed by atoms with Crippen molar-refractivity contribution in [2.45, 2.75) is 12.5 Å². The van der Waals surface area contributed by atoms with Gasteiger partial charge in [0.2, 0.25) is 0 Å². The lowest BCUT2D eigenvalue weighted by molar-refractivity contribution is -0.153. The number of carboxylic acid groups (broad SMARTS) is 3. The second-order valence-corrected chi connectivity index (χ2v) is 3.36. The standard InChI is InChI=1S/C8H9NO7/c10-5-2-9(8(15)16)4(7(13)14)1-3(5)6(11)12/h3-4H,1-2H2,(H,11,12)(H,13,14)(H,15,16). The summed E-state index contributed by atoms with van der Waals surface area (Å²) < 4.78 is 0. The molecule has 8 heteroatoms. The molecule has 2 unspecified atom stereocenters. The second-order valence-electron chi connectivity index (χ2n) is 3.36. The number of hydrogen-bond donors (Lipinski definition) is 3. The van der Waals surface area contributed by atoms with Crippen molar-refractivity contribution in [2.24, 2.45) is 5.92 Å². The summed E-state index contributed by atoms with van der Waals surface area (Å²) in [6.07, 6.45) is -2.08. The molecule has 16 heavy (non-hydrogen) atoms. The molecule has 0 bridgehead atoms. The van der Waals surface area contributed by atoms with E-state index in [1.165, 1.54) is 0 Å². The van der Waals surface area contributed by atoms with Crippen LogP contribution in [0.5, 0.6) is 0 Å². The van der Waals surface area contributed by atoms with Crippen molar-refractivity contribution >= 4 is 23.8 Å². The van der Waals surface area contributed by atoms with Crippen LogP contribution in [-0.2, 0) is 14.4 Å². The maximum absolute atomic E-state index is 11.2. The number of rotatable bonds is 2. The van der Waals surface area contributed by atoms with Gasteiger partial charge in [0.1, 0.15) is 12.0 Å². The minimum absolute atomic E-state index is 0.435. The Morgan fingerprint density at radius 3 is 2.06 bits per heavy atom. The Balaban J connectivity index is 2.95. The number of aliphatic carboxylic acids is 2. The third-order valence-electron chi connectivity index (χ3n) is 2.38. The lowest BCUT2D eigenvalue weighted by Gasteiger charge is -2.32. The smallest absolute Gasteiger partial charge is 0.408 e. The summed E-state index contributed by atoms with van der Waals surface area (Å²) in [4.78, 5) is 43.7. The first-order chi connectivity index (χ1) is 7.34. The average molecular weight is 231 g/mol. The van der Waals surface area contributed by atoms with E-state index in [1.54, 1.807) is 0 Å². The topological polar surface area (TPSA) is 132 Å². The van der Waals surface area contributed by atoms with Crippen LogP contribution in [0.3, 0.4) is 0 Å². The van der Waals surface area contributed by atoms with Gasteiger partial charge in [-0.05, 0) is 6.42 Å². The molecular weight excluding hydrogens is 222 g/mol. The molecule has 2 atom stereocenters. The van der Waals surface area contributed by atoms with Gasteiger partial charge in [0.25, 0.3) is 0 Å². The van der Waals surface area contributed by atoms with Gasteiger partial charge >= 0.3 is 18.0 Å². The van der Waals surface area contributed by atoms with Crippen LogP contribution in [0, 0.1) is 5.92 Å². The first kappa shape index (κ1) is 12.0. The van der Waals surface area contributed by atoms with Gasteiger partial charge in [-0.15, -0.1) is 0 Å². The molecule has 0 saturated carbocycles. The number of piperidine rings is 1. The van der Waals surface area contributed by atoms with Crippen molar-refractivity contribution < 1.29 is 34.5 Å². The summed E-state index contributed by atoms with van der Waals surface area (Å²) >= 11 is 0. The number of likely N-dealkylation sites (tertiary alicyclic amines) is 1. The highest BCUT2D eigenvalue weighted by Crippen LogP contribution is 2.21. The fourth-order valence-corrected chi connectivity index (χ4v) is 1.54. The molecular formula is C8H9NO7. The van der Waals surface area contributed by atoms with E-state index in [0.29, 0.717) is 4.90 Å². The third-order valence-corrected chi connectivity index (χ3v) is 2.38. The van der Waals surface area contributed by atoms with Crippen LogP contribution in [0.25, 0.3) is 0 Å². The number of carbonyl (C=O) groups excluding carboxylic acids is 1. The normalized spacial score (nSPS) is 25.2. The van der Waals surface area contributed by atoms with E-state index in [-0.39, 0.29) is 0 Å². The largest absolute Gasteiger partial charge is 0.481 e. The fraction of sp³-hybridized carbons (Fsp3) is 0.500. The molecule has 1 amide bonds. The molecule has 3 N–H and O–H groups in total. The van der Waals surface area contributed by atoms with Gasteiger partial charge in [0, 0.05) is 0 Å². The zero-order chi connectivity index (χ0) is 12.5. The second kappa shape index (κ2) is 4.17. The van der Waals surface area contributed by atoms with Crippen LogP contribution >= 0.6 is 0 Å². The Kier molecular flexibility index (Phi) is 3.11. The number of amides is 1. The van der Waals surface area contributed by atoms with E-state index >= 15 is 0 Å². The van der Waals surface area contributed by atoms with Gasteiger partial charge in [0.05, 0.1) is 6.54 Å². The summed E-state index contributed by atoms with van der Waals surface area (Å²) in [5, 5.41) is 26.1. The molecule has 0 aromatic heterocycles. The van der Waals surface area contributed by atoms with Gasteiger partial charge in [-0.1, -0.05) is 0 Å². The third kappa shape index (κ3) is 2.10. The average Bonchev–Trinajstić information content (AvgIpc) is 2.15. The maximum atomic E-state index is 11.2. The lowest BCUT2D eigenvalue weighted by atomic mass is 9.90. The molecule has 88 valence electrons. The van der Waals surface area contributed by atoms with Crippen LogP contribution in [-0.4, -0.2) is 56.6 Å². The molecule has 1 aliphatic heterocycles. The zero-order valence-corrected chi connectivity index (χ0v) is 7.99. The summed E-state index contributed by atoms with van der Waals surface area (Å²) in [5.74, 6) is -5.13. The van der Waals surface area contributed by atoms with Crippen LogP contribution in [0.4, 0.5) is 4.79 Å². The van der Waals surface area contributed by atoms with Gasteiger partial charge in [0.15, 0.2) is 5.78 Å². The fourth-order valence-electron chi connectivity index (χ4n) is 1.54. The number of hydrogen-bond acceptors (Lipinski definition) is 4. The Bertz CT molecular complexity index is 363. The van der Waals surface area contributed by atoms with Crippen molar-refractivity contribution in [1.29, 1.82) is 0 Å². The van der Waals surface area contributed by atoms with Gasteiger partial charge in [-0.2, -0.15) is 0 Å². The summed E-state index contributed by atoms with van der Waals surface area (Å²) in [6.45, 7) is -0.705. The number of carboxylic acids is 2. The minimum atomic E-state index is -1.55. The molecule has 1 rings (SSSR count). The monoisotopic (exact) mass is 231 g/mol. The van der Waals surface area contributed by atoms with Gasteiger partial charge in [-0.25, -0.2) is 9.59 Å². The van der Waals surface area contributed by atoms with E-state index in [1.807, 2.05) is 0 Å². The summed E-state index contributed by atoms with van der Waals surface area (Å²) in [6, 6.07) is -1.49. The molecule has 0 aromatic rings. The number of ketones is 1. The van der Waals surface area contributed by atoms with Crippen LogP contribution in [0.2, 0.25) is 0 Å². The Hall–Kier alpha value is -2.12. The first-order valence-corrected chi connectivity index (χ1v) is 4.32. The molecule has 1 fully saturated rings. The van der Waals surface area contributed by atoms with Crippen molar-refractivity contribution in [2.75, 3.05) is 6.54 Å². The summed E-state index contributed by atoms with van der Waals surface area (Å²) in [5.41, 5.74) is 0. The van der Waals surface area contributed by atoms with Gasteiger partial charge in [-0.3, -0.25) is 14.5 Å².